The molecule has 2 N–H and O–H groups in total. The first kappa shape index (κ1) is 13.0. The number of halogens is 2. The SMILES string of the molecule is CCCn1ncc(Cl)c1C(N)c1ncccc1F. The van der Waals surface area contributed by atoms with Crippen molar-refractivity contribution in [2.75, 3.05) is 0 Å². The molecule has 2 heterocycles. The molecule has 0 saturated heterocycles. The molecule has 4 nitrogen and oxygen atoms in total. The normalized spacial score (nSPS) is 12.7. The summed E-state index contributed by atoms with van der Waals surface area (Å²) in [6, 6.07) is 2.14. The molecule has 0 spiro atoms. The van der Waals surface area contributed by atoms with Gasteiger partial charge in [0.1, 0.15) is 5.82 Å². The Labute approximate surface area is 110 Å². The standard InChI is InChI=1S/C12H14ClFN4/c1-2-6-18-12(8(13)7-17-18)10(15)11-9(14)4-3-5-16-11/h3-5,7,10H,2,6,15H2,1H3. The summed E-state index contributed by atoms with van der Waals surface area (Å²) in [6.07, 6.45) is 3.92. The second kappa shape index (κ2) is 5.46. The average molecular weight is 269 g/mol. The first-order valence-corrected chi connectivity index (χ1v) is 6.10. The van der Waals surface area contributed by atoms with Crippen molar-refractivity contribution in [3.05, 3.63) is 46.8 Å². The molecule has 1 atom stereocenters. The van der Waals surface area contributed by atoms with Crippen LogP contribution in [0.15, 0.2) is 24.5 Å². The van der Waals surface area contributed by atoms with Crippen LogP contribution < -0.4 is 5.73 Å². The highest BCUT2D eigenvalue weighted by Gasteiger charge is 2.22. The Morgan fingerprint density at radius 2 is 2.33 bits per heavy atom. The summed E-state index contributed by atoms with van der Waals surface area (Å²) in [5.41, 5.74) is 6.82. The predicted octanol–water partition coefficient (Wildman–Crippen LogP) is 2.53. The second-order valence-electron chi connectivity index (χ2n) is 3.95. The number of hydrogen-bond acceptors (Lipinski definition) is 3. The van der Waals surface area contributed by atoms with E-state index in [1.165, 1.54) is 24.5 Å². The zero-order chi connectivity index (χ0) is 13.1. The highest BCUT2D eigenvalue weighted by atomic mass is 35.5. The molecule has 6 heteroatoms. The molecule has 2 aromatic heterocycles. The quantitative estimate of drug-likeness (QED) is 0.927. The first-order chi connectivity index (χ1) is 8.65. The van der Waals surface area contributed by atoms with Gasteiger partial charge in [-0.15, -0.1) is 0 Å². The van der Waals surface area contributed by atoms with E-state index in [0.29, 0.717) is 17.3 Å². The van der Waals surface area contributed by atoms with Crippen LogP contribution in [0.1, 0.15) is 30.8 Å². The fourth-order valence-electron chi connectivity index (χ4n) is 1.83. The van der Waals surface area contributed by atoms with Crippen molar-refractivity contribution in [1.82, 2.24) is 14.8 Å². The highest BCUT2D eigenvalue weighted by molar-refractivity contribution is 6.31. The molecule has 0 aromatic carbocycles. The Kier molecular flexibility index (Phi) is 3.93. The third-order valence-corrected chi connectivity index (χ3v) is 2.94. The Balaban J connectivity index is 2.42. The van der Waals surface area contributed by atoms with Gasteiger partial charge in [0.15, 0.2) is 0 Å². The third kappa shape index (κ3) is 2.37. The Hall–Kier alpha value is -1.46. The topological polar surface area (TPSA) is 56.7 Å². The molecule has 96 valence electrons. The van der Waals surface area contributed by atoms with Gasteiger partial charge in [0.25, 0.3) is 0 Å². The lowest BCUT2D eigenvalue weighted by Gasteiger charge is -2.14. The van der Waals surface area contributed by atoms with Gasteiger partial charge in [-0.2, -0.15) is 5.10 Å². The number of hydrogen-bond donors (Lipinski definition) is 1. The third-order valence-electron chi connectivity index (χ3n) is 2.64. The Morgan fingerprint density at radius 1 is 1.56 bits per heavy atom. The van der Waals surface area contributed by atoms with Gasteiger partial charge in [-0.25, -0.2) is 4.39 Å². The van der Waals surface area contributed by atoms with Gasteiger partial charge in [0.2, 0.25) is 0 Å². The minimum Gasteiger partial charge on any atom is -0.318 e. The maximum absolute atomic E-state index is 13.7. The lowest BCUT2D eigenvalue weighted by molar-refractivity contribution is 0.537. The summed E-state index contributed by atoms with van der Waals surface area (Å²) >= 11 is 6.06. The first-order valence-electron chi connectivity index (χ1n) is 5.72. The van der Waals surface area contributed by atoms with Gasteiger partial charge >= 0.3 is 0 Å². The fraction of sp³-hybridized carbons (Fsp3) is 0.333. The summed E-state index contributed by atoms with van der Waals surface area (Å²) in [5, 5.41) is 4.57. The number of nitrogens with two attached hydrogens (primary N) is 1. The van der Waals surface area contributed by atoms with Crippen LogP contribution in [-0.2, 0) is 6.54 Å². The van der Waals surface area contributed by atoms with Crippen LogP contribution in [0, 0.1) is 5.82 Å². The van der Waals surface area contributed by atoms with Crippen LogP contribution in [0.3, 0.4) is 0 Å². The van der Waals surface area contributed by atoms with Gasteiger partial charge in [-0.05, 0) is 18.6 Å². The lowest BCUT2D eigenvalue weighted by Crippen LogP contribution is -2.20. The highest BCUT2D eigenvalue weighted by Crippen LogP contribution is 2.26. The van der Waals surface area contributed by atoms with E-state index in [1.54, 1.807) is 4.68 Å². The number of aryl methyl sites for hydroxylation is 1. The molecule has 0 aliphatic rings. The number of pyridine rings is 1. The molecular formula is C12H14ClFN4. The lowest BCUT2D eigenvalue weighted by atomic mass is 10.1. The molecule has 0 saturated carbocycles. The van der Waals surface area contributed by atoms with Gasteiger partial charge in [-0.1, -0.05) is 18.5 Å². The molecule has 0 bridgehead atoms. The van der Waals surface area contributed by atoms with Crippen LogP contribution in [0.25, 0.3) is 0 Å². The molecule has 0 fully saturated rings. The van der Waals surface area contributed by atoms with Crippen molar-refractivity contribution < 1.29 is 4.39 Å². The Bertz CT molecular complexity index is 541. The van der Waals surface area contributed by atoms with E-state index in [9.17, 15) is 4.39 Å². The summed E-state index contributed by atoms with van der Waals surface area (Å²) in [5.74, 6) is -0.440. The summed E-state index contributed by atoms with van der Waals surface area (Å²) in [4.78, 5) is 3.98. The molecule has 0 aliphatic carbocycles. The van der Waals surface area contributed by atoms with Crippen molar-refractivity contribution in [3.63, 3.8) is 0 Å². The van der Waals surface area contributed by atoms with E-state index >= 15 is 0 Å². The maximum Gasteiger partial charge on any atom is 0.146 e. The van der Waals surface area contributed by atoms with Gasteiger partial charge < -0.3 is 5.73 Å². The van der Waals surface area contributed by atoms with Crippen molar-refractivity contribution >= 4 is 11.6 Å². The monoisotopic (exact) mass is 268 g/mol. The summed E-state index contributed by atoms with van der Waals surface area (Å²) in [7, 11) is 0. The van der Waals surface area contributed by atoms with Crippen LogP contribution >= 0.6 is 11.6 Å². The number of rotatable bonds is 4. The number of nitrogens with zero attached hydrogens (tertiary/aromatic N) is 3. The van der Waals surface area contributed by atoms with Crippen molar-refractivity contribution in [2.45, 2.75) is 25.9 Å². The molecule has 18 heavy (non-hydrogen) atoms. The second-order valence-corrected chi connectivity index (χ2v) is 4.36. The largest absolute Gasteiger partial charge is 0.318 e. The van der Waals surface area contributed by atoms with E-state index in [1.807, 2.05) is 6.92 Å². The van der Waals surface area contributed by atoms with Gasteiger partial charge in [-0.3, -0.25) is 9.67 Å². The van der Waals surface area contributed by atoms with Crippen molar-refractivity contribution in [1.29, 1.82) is 0 Å². The van der Waals surface area contributed by atoms with E-state index < -0.39 is 11.9 Å². The molecular weight excluding hydrogens is 255 g/mol. The predicted molar refractivity (Wildman–Crippen MR) is 67.8 cm³/mol. The van der Waals surface area contributed by atoms with Crippen LogP contribution in [0.4, 0.5) is 4.39 Å². The van der Waals surface area contributed by atoms with Crippen molar-refractivity contribution in [2.24, 2.45) is 5.73 Å². The van der Waals surface area contributed by atoms with Crippen LogP contribution in [0.5, 0.6) is 0 Å². The average Bonchev–Trinajstić information content (AvgIpc) is 2.71. The van der Waals surface area contributed by atoms with E-state index in [2.05, 4.69) is 10.1 Å². The summed E-state index contributed by atoms with van der Waals surface area (Å²) in [6.45, 7) is 2.70. The molecule has 2 rings (SSSR count). The summed E-state index contributed by atoms with van der Waals surface area (Å²) < 4.78 is 15.4. The molecule has 0 radical (unpaired) electrons. The minimum atomic E-state index is -0.715. The zero-order valence-electron chi connectivity index (χ0n) is 9.98. The molecule has 1 unspecified atom stereocenters. The van der Waals surface area contributed by atoms with E-state index in [-0.39, 0.29) is 5.69 Å². The van der Waals surface area contributed by atoms with Gasteiger partial charge in [0.05, 0.1) is 28.6 Å². The van der Waals surface area contributed by atoms with Crippen molar-refractivity contribution in [3.8, 4) is 0 Å². The van der Waals surface area contributed by atoms with Crippen LogP contribution in [0.2, 0.25) is 5.02 Å². The Morgan fingerprint density at radius 3 is 3.00 bits per heavy atom. The number of aromatic nitrogens is 3. The van der Waals surface area contributed by atoms with E-state index in [0.717, 1.165) is 6.42 Å². The maximum atomic E-state index is 13.7. The smallest absolute Gasteiger partial charge is 0.146 e. The fourth-order valence-corrected chi connectivity index (χ4v) is 2.09. The van der Waals surface area contributed by atoms with Gasteiger partial charge in [0, 0.05) is 12.7 Å². The minimum absolute atomic E-state index is 0.178. The molecule has 0 amide bonds. The van der Waals surface area contributed by atoms with Crippen LogP contribution in [-0.4, -0.2) is 14.8 Å². The zero-order valence-corrected chi connectivity index (χ0v) is 10.7. The van der Waals surface area contributed by atoms with E-state index in [4.69, 9.17) is 17.3 Å². The molecule has 2 aromatic rings. The molecule has 0 aliphatic heterocycles.